The molecule has 1 N–H and O–H groups in total. The average molecular weight is 545 g/mol. The van der Waals surface area contributed by atoms with Crippen LogP contribution in [0.5, 0.6) is 11.5 Å². The topological polar surface area (TPSA) is 84.9 Å². The maximum atomic E-state index is 13.4. The van der Waals surface area contributed by atoms with Crippen molar-refractivity contribution >= 4 is 41.2 Å². The van der Waals surface area contributed by atoms with Gasteiger partial charge in [0.1, 0.15) is 12.2 Å². The Bertz CT molecular complexity index is 1480. The van der Waals surface area contributed by atoms with Gasteiger partial charge in [-0.1, -0.05) is 53.6 Å². The van der Waals surface area contributed by atoms with Crippen molar-refractivity contribution < 1.29 is 23.9 Å². The van der Waals surface area contributed by atoms with E-state index in [0.717, 1.165) is 27.2 Å². The monoisotopic (exact) mass is 544 g/mol. The van der Waals surface area contributed by atoms with Gasteiger partial charge in [0.2, 0.25) is 0 Å². The summed E-state index contributed by atoms with van der Waals surface area (Å²) < 4.78 is 12.1. The zero-order valence-corrected chi connectivity index (χ0v) is 22.8. The van der Waals surface area contributed by atoms with E-state index in [9.17, 15) is 14.4 Å². The minimum Gasteiger partial charge on any atom is -0.490 e. The Morgan fingerprint density at radius 1 is 1.00 bits per heavy atom. The first-order valence-corrected chi connectivity index (χ1v) is 12.9. The third kappa shape index (κ3) is 6.21. The molecule has 0 bridgehead atoms. The highest BCUT2D eigenvalue weighted by Crippen LogP contribution is 2.36. The van der Waals surface area contributed by atoms with Crippen molar-refractivity contribution in [1.82, 2.24) is 5.32 Å². The van der Waals surface area contributed by atoms with Crippen LogP contribution in [-0.4, -0.2) is 24.5 Å². The quantitative estimate of drug-likeness (QED) is 0.193. The Hall–Kier alpha value is -4.36. The second-order valence-electron chi connectivity index (χ2n) is 9.10. The molecule has 1 aliphatic rings. The molecule has 4 rings (SSSR count). The van der Waals surface area contributed by atoms with E-state index >= 15 is 0 Å². The van der Waals surface area contributed by atoms with Gasteiger partial charge in [-0.15, -0.1) is 6.58 Å². The highest BCUT2D eigenvalue weighted by atomic mass is 35.5. The predicted octanol–water partition coefficient (Wildman–Crippen LogP) is 6.33. The molecule has 7 nitrogen and oxygen atoms in total. The highest BCUT2D eigenvalue weighted by Gasteiger charge is 2.37. The van der Waals surface area contributed by atoms with Crippen LogP contribution in [0, 0.1) is 13.8 Å². The molecule has 0 aliphatic carbocycles. The molecule has 4 amide bonds. The van der Waals surface area contributed by atoms with E-state index in [1.165, 1.54) is 12.1 Å². The van der Waals surface area contributed by atoms with Crippen molar-refractivity contribution in [2.45, 2.75) is 33.8 Å². The molecule has 1 heterocycles. The van der Waals surface area contributed by atoms with Crippen molar-refractivity contribution in [2.75, 3.05) is 11.5 Å². The Kier molecular flexibility index (Phi) is 8.52. The van der Waals surface area contributed by atoms with Gasteiger partial charge in [-0.25, -0.2) is 9.69 Å². The van der Waals surface area contributed by atoms with Gasteiger partial charge >= 0.3 is 6.03 Å². The summed E-state index contributed by atoms with van der Waals surface area (Å²) in [5.74, 6) is -0.517. The molecule has 8 heteroatoms. The molecule has 3 aromatic rings. The molecule has 0 unspecified atom stereocenters. The lowest BCUT2D eigenvalue weighted by atomic mass is 10.0. The molecule has 1 saturated heterocycles. The minimum absolute atomic E-state index is 0.202. The number of allylic oxidation sites excluding steroid dienone is 1. The fraction of sp³-hybridized carbons (Fsp3) is 0.194. The number of benzene rings is 3. The summed E-state index contributed by atoms with van der Waals surface area (Å²) in [6.07, 6.45) is 3.64. The molecule has 200 valence electrons. The van der Waals surface area contributed by atoms with E-state index in [1.807, 2.05) is 51.1 Å². The fourth-order valence-electron chi connectivity index (χ4n) is 4.12. The van der Waals surface area contributed by atoms with Gasteiger partial charge in [0.25, 0.3) is 11.8 Å². The Morgan fingerprint density at radius 2 is 1.74 bits per heavy atom. The zero-order valence-electron chi connectivity index (χ0n) is 22.0. The first kappa shape index (κ1) is 27.7. The summed E-state index contributed by atoms with van der Waals surface area (Å²) in [5, 5.41) is 2.64. The van der Waals surface area contributed by atoms with E-state index in [2.05, 4.69) is 11.9 Å². The van der Waals surface area contributed by atoms with Crippen LogP contribution in [0.4, 0.5) is 10.5 Å². The first-order chi connectivity index (χ1) is 18.7. The number of urea groups is 1. The number of hydrogen-bond acceptors (Lipinski definition) is 5. The average Bonchev–Trinajstić information content (AvgIpc) is 2.89. The van der Waals surface area contributed by atoms with Gasteiger partial charge in [0.15, 0.2) is 11.5 Å². The van der Waals surface area contributed by atoms with Gasteiger partial charge in [0, 0.05) is 10.6 Å². The number of carbonyl (C=O) groups is 3. The molecule has 0 atom stereocenters. The number of anilines is 1. The van der Waals surface area contributed by atoms with E-state index in [4.69, 9.17) is 21.1 Å². The SMILES string of the molecule is C=CCc1cc(/C=C2/C(=O)NC(=O)N(c3ccc(C)c(Cl)c3)C2=O)cc(OCC)c1OCc1ccc(C)cc1. The molecule has 0 radical (unpaired) electrons. The van der Waals surface area contributed by atoms with Gasteiger partial charge in [0.05, 0.1) is 12.3 Å². The van der Waals surface area contributed by atoms with Crippen LogP contribution in [0.25, 0.3) is 6.08 Å². The number of rotatable bonds is 9. The van der Waals surface area contributed by atoms with E-state index in [1.54, 1.807) is 24.3 Å². The minimum atomic E-state index is -0.843. The number of nitrogens with one attached hydrogen (secondary N) is 1. The summed E-state index contributed by atoms with van der Waals surface area (Å²) in [5.41, 5.74) is 4.32. The van der Waals surface area contributed by atoms with Crippen molar-refractivity contribution in [2.24, 2.45) is 0 Å². The molecule has 0 spiro atoms. The van der Waals surface area contributed by atoms with Crippen LogP contribution in [-0.2, 0) is 22.6 Å². The summed E-state index contributed by atoms with van der Waals surface area (Å²) in [6.45, 7) is 10.3. The van der Waals surface area contributed by atoms with Crippen LogP contribution in [0.15, 0.2) is 72.8 Å². The molecule has 1 fully saturated rings. The lowest BCUT2D eigenvalue weighted by Crippen LogP contribution is -2.54. The number of hydrogen-bond donors (Lipinski definition) is 1. The van der Waals surface area contributed by atoms with Crippen LogP contribution >= 0.6 is 11.6 Å². The summed E-state index contributed by atoms with van der Waals surface area (Å²) in [7, 11) is 0. The largest absolute Gasteiger partial charge is 0.490 e. The number of nitrogens with zero attached hydrogens (tertiary/aromatic N) is 1. The second kappa shape index (κ2) is 12.0. The van der Waals surface area contributed by atoms with Crippen LogP contribution in [0.2, 0.25) is 5.02 Å². The second-order valence-corrected chi connectivity index (χ2v) is 9.51. The summed E-state index contributed by atoms with van der Waals surface area (Å²) >= 11 is 6.22. The molecule has 1 aliphatic heterocycles. The number of barbiturate groups is 1. The fourth-order valence-corrected chi connectivity index (χ4v) is 4.29. The van der Waals surface area contributed by atoms with Crippen LogP contribution in [0.1, 0.15) is 34.7 Å². The van der Waals surface area contributed by atoms with Crippen LogP contribution < -0.4 is 19.7 Å². The van der Waals surface area contributed by atoms with E-state index < -0.39 is 17.8 Å². The normalized spacial score (nSPS) is 14.4. The lowest BCUT2D eigenvalue weighted by molar-refractivity contribution is -0.122. The van der Waals surface area contributed by atoms with E-state index in [-0.39, 0.29) is 11.3 Å². The summed E-state index contributed by atoms with van der Waals surface area (Å²) in [6, 6.07) is 15.5. The molecule has 3 aromatic carbocycles. The first-order valence-electron chi connectivity index (χ1n) is 12.5. The smallest absolute Gasteiger partial charge is 0.335 e. The molecule has 0 aromatic heterocycles. The number of aryl methyl sites for hydroxylation is 2. The van der Waals surface area contributed by atoms with Crippen molar-refractivity contribution in [3.63, 3.8) is 0 Å². The molecular formula is C31H29ClN2O5. The van der Waals surface area contributed by atoms with Gasteiger partial charge < -0.3 is 9.47 Å². The lowest BCUT2D eigenvalue weighted by Gasteiger charge is -2.26. The molecule has 39 heavy (non-hydrogen) atoms. The van der Waals surface area contributed by atoms with Gasteiger partial charge in [-0.2, -0.15) is 0 Å². The number of imide groups is 2. The molecule has 0 saturated carbocycles. The summed E-state index contributed by atoms with van der Waals surface area (Å²) in [4.78, 5) is 39.6. The van der Waals surface area contributed by atoms with Gasteiger partial charge in [-0.3, -0.25) is 14.9 Å². The molecular weight excluding hydrogens is 516 g/mol. The third-order valence-corrected chi connectivity index (χ3v) is 6.56. The predicted molar refractivity (Wildman–Crippen MR) is 152 cm³/mol. The Labute approximate surface area is 232 Å². The van der Waals surface area contributed by atoms with Crippen molar-refractivity contribution in [1.29, 1.82) is 0 Å². The Morgan fingerprint density at radius 3 is 2.41 bits per heavy atom. The standard InChI is InChI=1S/C31H29ClN2O5/c1-5-7-23-14-22(16-27(38-6-2)28(23)39-18-21-11-8-19(3)9-12-21)15-25-29(35)33-31(37)34(30(25)36)24-13-10-20(4)26(32)17-24/h5,8-17H,1,6-7,18H2,2-4H3,(H,33,35,37)/b25-15-. The van der Waals surface area contributed by atoms with E-state index in [0.29, 0.717) is 41.7 Å². The van der Waals surface area contributed by atoms with Crippen molar-refractivity contribution in [3.8, 4) is 11.5 Å². The Balaban J connectivity index is 1.72. The third-order valence-electron chi connectivity index (χ3n) is 6.15. The number of carbonyl (C=O) groups excluding carboxylic acids is 3. The number of amides is 4. The van der Waals surface area contributed by atoms with Crippen molar-refractivity contribution in [3.05, 3.63) is 106 Å². The highest BCUT2D eigenvalue weighted by molar-refractivity contribution is 6.39. The number of ether oxygens (including phenoxy) is 2. The van der Waals surface area contributed by atoms with Crippen LogP contribution in [0.3, 0.4) is 0 Å². The zero-order chi connectivity index (χ0) is 28.1. The number of halogens is 1. The maximum absolute atomic E-state index is 13.4. The van der Waals surface area contributed by atoms with Gasteiger partial charge in [-0.05, 0) is 74.2 Å². The maximum Gasteiger partial charge on any atom is 0.335 e.